The first-order valence-electron chi connectivity index (χ1n) is 6.15. The van der Waals surface area contributed by atoms with Crippen molar-refractivity contribution in [2.24, 2.45) is 11.7 Å². The first kappa shape index (κ1) is 14.2. The van der Waals surface area contributed by atoms with Crippen LogP contribution in [0.15, 0.2) is 24.3 Å². The first-order chi connectivity index (χ1) is 8.65. The smallest absolute Gasteiger partial charge is 0.224 e. The molecule has 3 N–H and O–H groups in total. The molecule has 0 spiro atoms. The predicted molar refractivity (Wildman–Crippen MR) is 71.9 cm³/mol. The van der Waals surface area contributed by atoms with Crippen LogP contribution in [-0.2, 0) is 4.79 Å². The Hall–Kier alpha value is -1.86. The van der Waals surface area contributed by atoms with Crippen molar-refractivity contribution < 1.29 is 4.79 Å². The molecule has 4 nitrogen and oxygen atoms in total. The third kappa shape index (κ3) is 4.98. The highest BCUT2D eigenvalue weighted by Gasteiger charge is 2.06. The van der Waals surface area contributed by atoms with Gasteiger partial charge in [-0.3, -0.25) is 4.79 Å². The molecule has 0 aliphatic rings. The number of nitrogens with one attached hydrogen (secondary N) is 1. The molecule has 0 bridgehead atoms. The summed E-state index contributed by atoms with van der Waals surface area (Å²) in [7, 11) is 0. The van der Waals surface area contributed by atoms with Gasteiger partial charge in [-0.1, -0.05) is 13.0 Å². The molecule has 18 heavy (non-hydrogen) atoms. The quantitative estimate of drug-likeness (QED) is 0.806. The summed E-state index contributed by atoms with van der Waals surface area (Å²) in [4.78, 5) is 11.7. The van der Waals surface area contributed by atoms with E-state index in [-0.39, 0.29) is 5.91 Å². The van der Waals surface area contributed by atoms with Crippen LogP contribution in [0.4, 0.5) is 5.69 Å². The fraction of sp³-hybridized carbons (Fsp3) is 0.429. The molecule has 0 aliphatic heterocycles. The molecule has 1 rings (SSSR count). The van der Waals surface area contributed by atoms with Gasteiger partial charge in [0.1, 0.15) is 0 Å². The summed E-state index contributed by atoms with van der Waals surface area (Å²) in [5, 5.41) is 11.5. The van der Waals surface area contributed by atoms with E-state index in [1.54, 1.807) is 24.3 Å². The largest absolute Gasteiger partial charge is 0.330 e. The van der Waals surface area contributed by atoms with Crippen LogP contribution in [0, 0.1) is 17.2 Å². The molecule has 96 valence electrons. The second-order valence-electron chi connectivity index (χ2n) is 4.46. The maximum Gasteiger partial charge on any atom is 0.224 e. The molecule has 0 heterocycles. The maximum absolute atomic E-state index is 11.7. The average molecular weight is 245 g/mol. The molecular weight excluding hydrogens is 226 g/mol. The van der Waals surface area contributed by atoms with Gasteiger partial charge in [-0.05, 0) is 43.5 Å². The van der Waals surface area contributed by atoms with Gasteiger partial charge in [0, 0.05) is 12.1 Å². The molecular formula is C14H19N3O. The van der Waals surface area contributed by atoms with Crippen molar-refractivity contribution in [1.29, 1.82) is 5.26 Å². The lowest BCUT2D eigenvalue weighted by molar-refractivity contribution is -0.116. The lowest BCUT2D eigenvalue weighted by Gasteiger charge is -2.10. The molecule has 1 aromatic carbocycles. The molecule has 0 fully saturated rings. The molecule has 1 atom stereocenters. The van der Waals surface area contributed by atoms with Crippen molar-refractivity contribution in [2.45, 2.75) is 26.2 Å². The number of carbonyl (C=O) groups excluding carboxylic acids is 1. The van der Waals surface area contributed by atoms with E-state index in [0.717, 1.165) is 12.8 Å². The summed E-state index contributed by atoms with van der Waals surface area (Å²) >= 11 is 0. The summed E-state index contributed by atoms with van der Waals surface area (Å²) in [6.45, 7) is 2.75. The van der Waals surface area contributed by atoms with Crippen LogP contribution in [0.2, 0.25) is 0 Å². The van der Waals surface area contributed by atoms with Crippen LogP contribution in [0.3, 0.4) is 0 Å². The van der Waals surface area contributed by atoms with Gasteiger partial charge in [0.05, 0.1) is 11.6 Å². The van der Waals surface area contributed by atoms with Crippen molar-refractivity contribution in [3.05, 3.63) is 29.8 Å². The van der Waals surface area contributed by atoms with Gasteiger partial charge in [-0.25, -0.2) is 0 Å². The predicted octanol–water partition coefficient (Wildman–Crippen LogP) is 2.26. The van der Waals surface area contributed by atoms with E-state index in [1.165, 1.54) is 0 Å². The molecule has 4 heteroatoms. The van der Waals surface area contributed by atoms with Crippen LogP contribution in [0.1, 0.15) is 31.7 Å². The summed E-state index contributed by atoms with van der Waals surface area (Å²) in [6, 6.07) is 8.95. The van der Waals surface area contributed by atoms with Gasteiger partial charge in [0.2, 0.25) is 5.91 Å². The molecule has 0 aromatic heterocycles. The number of amides is 1. The molecule has 0 saturated heterocycles. The van der Waals surface area contributed by atoms with Crippen molar-refractivity contribution >= 4 is 11.6 Å². The number of rotatable bonds is 6. The number of anilines is 1. The Labute approximate surface area is 108 Å². The van der Waals surface area contributed by atoms with Gasteiger partial charge in [0.15, 0.2) is 0 Å². The Morgan fingerprint density at radius 3 is 2.94 bits per heavy atom. The normalized spacial score (nSPS) is 11.6. The van der Waals surface area contributed by atoms with E-state index >= 15 is 0 Å². The van der Waals surface area contributed by atoms with Gasteiger partial charge in [-0.2, -0.15) is 5.26 Å². The van der Waals surface area contributed by atoms with Crippen LogP contribution >= 0.6 is 0 Å². The minimum Gasteiger partial charge on any atom is -0.330 e. The Bertz CT molecular complexity index is 437. The minimum atomic E-state index is -0.0195. The van der Waals surface area contributed by atoms with Crippen molar-refractivity contribution in [3.63, 3.8) is 0 Å². The Kier molecular flexibility index (Phi) is 5.89. The molecule has 1 aromatic rings. The molecule has 1 unspecified atom stereocenters. The summed E-state index contributed by atoms with van der Waals surface area (Å²) < 4.78 is 0. The van der Waals surface area contributed by atoms with E-state index in [4.69, 9.17) is 11.0 Å². The number of nitrogens with zero attached hydrogens (tertiary/aromatic N) is 1. The zero-order valence-electron chi connectivity index (χ0n) is 10.6. The fourth-order valence-corrected chi connectivity index (χ4v) is 1.70. The topological polar surface area (TPSA) is 78.9 Å². The Morgan fingerprint density at radius 2 is 2.28 bits per heavy atom. The van der Waals surface area contributed by atoms with Crippen LogP contribution in [0.5, 0.6) is 0 Å². The van der Waals surface area contributed by atoms with Crippen molar-refractivity contribution in [3.8, 4) is 6.07 Å². The van der Waals surface area contributed by atoms with Crippen LogP contribution in [0.25, 0.3) is 0 Å². The third-order valence-corrected chi connectivity index (χ3v) is 2.80. The van der Waals surface area contributed by atoms with Crippen LogP contribution < -0.4 is 11.1 Å². The zero-order valence-corrected chi connectivity index (χ0v) is 10.6. The highest BCUT2D eigenvalue weighted by molar-refractivity contribution is 5.90. The van der Waals surface area contributed by atoms with Gasteiger partial charge >= 0.3 is 0 Å². The highest BCUT2D eigenvalue weighted by Crippen LogP contribution is 2.13. The van der Waals surface area contributed by atoms with E-state index in [1.807, 2.05) is 6.07 Å². The second-order valence-corrected chi connectivity index (χ2v) is 4.46. The van der Waals surface area contributed by atoms with Crippen molar-refractivity contribution in [2.75, 3.05) is 11.9 Å². The number of hydrogen-bond donors (Lipinski definition) is 2. The number of hydrogen-bond acceptors (Lipinski definition) is 3. The Morgan fingerprint density at radius 1 is 1.50 bits per heavy atom. The van der Waals surface area contributed by atoms with E-state index in [9.17, 15) is 4.79 Å². The summed E-state index contributed by atoms with van der Waals surface area (Å²) in [5.74, 6) is 0.445. The average Bonchev–Trinajstić information content (AvgIpc) is 2.37. The maximum atomic E-state index is 11.7. The zero-order chi connectivity index (χ0) is 13.4. The number of nitrogens with two attached hydrogens (primary N) is 1. The van der Waals surface area contributed by atoms with Gasteiger partial charge in [-0.15, -0.1) is 0 Å². The van der Waals surface area contributed by atoms with E-state index in [2.05, 4.69) is 12.2 Å². The number of carbonyl (C=O) groups is 1. The lowest BCUT2D eigenvalue weighted by Crippen LogP contribution is -2.14. The minimum absolute atomic E-state index is 0.0195. The Balaban J connectivity index is 2.42. The number of benzene rings is 1. The number of nitriles is 1. The van der Waals surface area contributed by atoms with Gasteiger partial charge < -0.3 is 11.1 Å². The fourth-order valence-electron chi connectivity index (χ4n) is 1.70. The molecule has 0 radical (unpaired) electrons. The lowest BCUT2D eigenvalue weighted by atomic mass is 10.0. The molecule has 0 saturated carbocycles. The van der Waals surface area contributed by atoms with E-state index < -0.39 is 0 Å². The van der Waals surface area contributed by atoms with Gasteiger partial charge in [0.25, 0.3) is 0 Å². The standard InChI is InChI=1S/C14H19N3O/c1-11(7-8-15)5-6-14(18)17-13-4-2-3-12(9-13)10-16/h2-4,9,11H,5-8,15H2,1H3,(H,17,18). The highest BCUT2D eigenvalue weighted by atomic mass is 16.1. The monoisotopic (exact) mass is 245 g/mol. The van der Waals surface area contributed by atoms with E-state index in [0.29, 0.717) is 30.1 Å². The van der Waals surface area contributed by atoms with Crippen molar-refractivity contribution in [1.82, 2.24) is 0 Å². The SMILES string of the molecule is CC(CCN)CCC(=O)Nc1cccc(C#N)c1. The molecule has 1 amide bonds. The second kappa shape index (κ2) is 7.46. The summed E-state index contributed by atoms with van der Waals surface area (Å²) in [6.07, 6.45) is 2.26. The summed E-state index contributed by atoms with van der Waals surface area (Å²) in [5.41, 5.74) is 6.68. The first-order valence-corrected chi connectivity index (χ1v) is 6.15. The third-order valence-electron chi connectivity index (χ3n) is 2.80. The molecule has 0 aliphatic carbocycles. The van der Waals surface area contributed by atoms with Crippen LogP contribution in [-0.4, -0.2) is 12.5 Å².